The van der Waals surface area contributed by atoms with Crippen molar-refractivity contribution >= 4 is 23.7 Å². The number of imide groups is 1. The van der Waals surface area contributed by atoms with Crippen LogP contribution in [0.25, 0.3) is 6.08 Å². The molecule has 0 atom stereocenters. The van der Waals surface area contributed by atoms with Gasteiger partial charge in [0.15, 0.2) is 5.78 Å². The quantitative estimate of drug-likeness (QED) is 0.642. The molecule has 114 valence electrons. The Morgan fingerprint density at radius 2 is 1.65 bits per heavy atom. The summed E-state index contributed by atoms with van der Waals surface area (Å²) in [6.45, 7) is 1.35. The van der Waals surface area contributed by atoms with Crippen molar-refractivity contribution in [3.63, 3.8) is 0 Å². The number of hydrogen-bond donors (Lipinski definition) is 0. The van der Waals surface area contributed by atoms with E-state index in [9.17, 15) is 14.4 Å². The summed E-state index contributed by atoms with van der Waals surface area (Å²) in [6, 6.07) is 12.0. The topological polar surface area (TPSA) is 67.3 Å². The zero-order valence-electron chi connectivity index (χ0n) is 12.5. The van der Waals surface area contributed by atoms with E-state index in [1.165, 1.54) is 6.92 Å². The highest BCUT2D eigenvalue weighted by Gasteiger charge is 2.35. The predicted octanol–water partition coefficient (Wildman–Crippen LogP) is 2.35. The number of Topliss-reactive ketones (excluding diaryl/α,β-unsaturated/α-hetero) is 1. The Hall–Kier alpha value is -3.08. The Labute approximate surface area is 133 Å². The first-order valence-electron chi connectivity index (χ1n) is 7.15. The molecule has 23 heavy (non-hydrogen) atoms. The number of pyridine rings is 1. The highest BCUT2D eigenvalue weighted by atomic mass is 16.2. The average molecular weight is 306 g/mol. The van der Waals surface area contributed by atoms with Gasteiger partial charge in [-0.1, -0.05) is 18.2 Å². The molecule has 2 heterocycles. The molecule has 5 heteroatoms. The minimum atomic E-state index is -0.376. The first kappa shape index (κ1) is 14.8. The van der Waals surface area contributed by atoms with E-state index in [4.69, 9.17) is 0 Å². The van der Waals surface area contributed by atoms with E-state index in [-0.39, 0.29) is 24.1 Å². The maximum absolute atomic E-state index is 12.4. The van der Waals surface area contributed by atoms with Crippen LogP contribution < -0.4 is 0 Å². The van der Waals surface area contributed by atoms with E-state index < -0.39 is 0 Å². The zero-order chi connectivity index (χ0) is 16.4. The highest BCUT2D eigenvalue weighted by molar-refractivity contribution is 6.21. The Bertz CT molecular complexity index is 790. The molecular weight excluding hydrogens is 292 g/mol. The summed E-state index contributed by atoms with van der Waals surface area (Å²) >= 11 is 0. The number of carbonyl (C=O) groups is 3. The van der Waals surface area contributed by atoms with Crippen LogP contribution in [-0.4, -0.2) is 34.0 Å². The number of amides is 2. The van der Waals surface area contributed by atoms with Crippen molar-refractivity contribution in [1.82, 2.24) is 9.88 Å². The molecule has 1 aromatic carbocycles. The molecule has 0 N–H and O–H groups in total. The van der Waals surface area contributed by atoms with E-state index in [0.29, 0.717) is 22.4 Å². The second-order valence-corrected chi connectivity index (χ2v) is 5.22. The Kier molecular flexibility index (Phi) is 3.85. The molecule has 1 aliphatic rings. The molecule has 0 bridgehead atoms. The third-order valence-electron chi connectivity index (χ3n) is 3.67. The van der Waals surface area contributed by atoms with Crippen LogP contribution in [0.1, 0.15) is 33.3 Å². The second kappa shape index (κ2) is 5.96. The second-order valence-electron chi connectivity index (χ2n) is 5.22. The normalized spacial score (nSPS) is 14.1. The smallest absolute Gasteiger partial charge is 0.261 e. The van der Waals surface area contributed by atoms with Crippen molar-refractivity contribution in [2.24, 2.45) is 0 Å². The van der Waals surface area contributed by atoms with E-state index in [1.807, 2.05) is 0 Å². The highest BCUT2D eigenvalue weighted by Crippen LogP contribution is 2.23. The summed E-state index contributed by atoms with van der Waals surface area (Å²) in [5.74, 6) is -0.954. The largest absolute Gasteiger partial charge is 0.295 e. The summed E-state index contributed by atoms with van der Waals surface area (Å²) in [7, 11) is 0. The van der Waals surface area contributed by atoms with Crippen LogP contribution in [0.4, 0.5) is 0 Å². The minimum Gasteiger partial charge on any atom is -0.295 e. The van der Waals surface area contributed by atoms with E-state index >= 15 is 0 Å². The van der Waals surface area contributed by atoms with Crippen LogP contribution >= 0.6 is 0 Å². The Morgan fingerprint density at radius 1 is 1.04 bits per heavy atom. The molecule has 5 nitrogen and oxygen atoms in total. The Balaban J connectivity index is 1.91. The lowest BCUT2D eigenvalue weighted by molar-refractivity contribution is -0.113. The van der Waals surface area contributed by atoms with Gasteiger partial charge in [-0.3, -0.25) is 24.3 Å². The SMILES string of the molecule is CC(=O)/C(=C/c1ccccn1)CN1C(=O)c2ccccc2C1=O. The number of hydrogen-bond acceptors (Lipinski definition) is 4. The van der Waals surface area contributed by atoms with Crippen LogP contribution in [0.5, 0.6) is 0 Å². The number of fused-ring (bicyclic) bond motifs is 1. The first-order chi connectivity index (χ1) is 11.1. The molecular formula is C18H14N2O3. The Morgan fingerprint density at radius 3 is 2.17 bits per heavy atom. The van der Waals surface area contributed by atoms with Crippen molar-refractivity contribution in [3.05, 3.63) is 71.1 Å². The first-order valence-corrected chi connectivity index (χ1v) is 7.15. The summed E-state index contributed by atoms with van der Waals surface area (Å²) < 4.78 is 0. The van der Waals surface area contributed by atoms with Gasteiger partial charge in [0.25, 0.3) is 11.8 Å². The van der Waals surface area contributed by atoms with E-state index in [2.05, 4.69) is 4.98 Å². The van der Waals surface area contributed by atoms with Crippen molar-refractivity contribution in [2.45, 2.75) is 6.92 Å². The molecule has 1 aliphatic heterocycles. The van der Waals surface area contributed by atoms with Crippen LogP contribution in [-0.2, 0) is 4.79 Å². The van der Waals surface area contributed by atoms with Gasteiger partial charge < -0.3 is 0 Å². The van der Waals surface area contributed by atoms with E-state index in [1.54, 1.807) is 54.7 Å². The van der Waals surface area contributed by atoms with E-state index in [0.717, 1.165) is 4.90 Å². The molecule has 0 radical (unpaired) electrons. The average Bonchev–Trinajstić information content (AvgIpc) is 2.80. The lowest BCUT2D eigenvalue weighted by Crippen LogP contribution is -2.33. The molecule has 2 amide bonds. The fourth-order valence-corrected chi connectivity index (χ4v) is 2.45. The van der Waals surface area contributed by atoms with Gasteiger partial charge in [-0.25, -0.2) is 0 Å². The molecule has 0 saturated heterocycles. The summed E-state index contributed by atoms with van der Waals surface area (Å²) in [4.78, 5) is 41.8. The van der Waals surface area contributed by atoms with Crippen LogP contribution in [0.3, 0.4) is 0 Å². The zero-order valence-corrected chi connectivity index (χ0v) is 12.5. The number of benzene rings is 1. The monoisotopic (exact) mass is 306 g/mol. The van der Waals surface area contributed by atoms with Crippen molar-refractivity contribution in [2.75, 3.05) is 6.54 Å². The third-order valence-corrected chi connectivity index (χ3v) is 3.67. The summed E-state index contributed by atoms with van der Waals surface area (Å²) in [5, 5.41) is 0. The minimum absolute atomic E-state index is 0.0573. The lowest BCUT2D eigenvalue weighted by atomic mass is 10.1. The number of ketones is 1. The van der Waals surface area contributed by atoms with Crippen molar-refractivity contribution in [1.29, 1.82) is 0 Å². The molecule has 0 aliphatic carbocycles. The van der Waals surface area contributed by atoms with Gasteiger partial charge in [0.05, 0.1) is 23.4 Å². The van der Waals surface area contributed by atoms with Crippen LogP contribution in [0, 0.1) is 0 Å². The molecule has 3 rings (SSSR count). The fourth-order valence-electron chi connectivity index (χ4n) is 2.45. The number of carbonyl (C=O) groups excluding carboxylic acids is 3. The van der Waals surface area contributed by atoms with Crippen molar-refractivity contribution < 1.29 is 14.4 Å². The summed E-state index contributed by atoms with van der Waals surface area (Å²) in [6.07, 6.45) is 3.22. The lowest BCUT2D eigenvalue weighted by Gasteiger charge is -2.15. The number of rotatable bonds is 4. The van der Waals surface area contributed by atoms with Crippen LogP contribution in [0.15, 0.2) is 54.2 Å². The third kappa shape index (κ3) is 2.81. The van der Waals surface area contributed by atoms with Gasteiger partial charge in [0.1, 0.15) is 0 Å². The van der Waals surface area contributed by atoms with Gasteiger partial charge in [0, 0.05) is 11.8 Å². The summed E-state index contributed by atoms with van der Waals surface area (Å²) in [5.41, 5.74) is 1.71. The molecule has 1 aromatic heterocycles. The van der Waals surface area contributed by atoms with Crippen LogP contribution in [0.2, 0.25) is 0 Å². The maximum atomic E-state index is 12.4. The number of aromatic nitrogens is 1. The molecule has 0 spiro atoms. The molecule has 0 unspecified atom stereocenters. The van der Waals surface area contributed by atoms with Gasteiger partial charge >= 0.3 is 0 Å². The molecule has 0 saturated carbocycles. The van der Waals surface area contributed by atoms with Gasteiger partial charge in [0.2, 0.25) is 0 Å². The predicted molar refractivity (Wildman–Crippen MR) is 84.7 cm³/mol. The van der Waals surface area contributed by atoms with Gasteiger partial charge in [-0.05, 0) is 37.3 Å². The maximum Gasteiger partial charge on any atom is 0.261 e. The van der Waals surface area contributed by atoms with Gasteiger partial charge in [-0.15, -0.1) is 0 Å². The molecule has 0 fully saturated rings. The number of nitrogens with zero attached hydrogens (tertiary/aromatic N) is 2. The van der Waals surface area contributed by atoms with Crippen molar-refractivity contribution in [3.8, 4) is 0 Å². The molecule has 2 aromatic rings. The van der Waals surface area contributed by atoms with Gasteiger partial charge in [-0.2, -0.15) is 0 Å². The standard InChI is InChI=1S/C18H14N2O3/c1-12(21)13(10-14-6-4-5-9-19-14)11-20-17(22)15-7-2-3-8-16(15)18(20)23/h2-10H,11H2,1H3/b13-10+. The fraction of sp³-hybridized carbons (Fsp3) is 0.111.